The van der Waals surface area contributed by atoms with Crippen molar-refractivity contribution in [2.24, 2.45) is 0 Å². The smallest absolute Gasteiger partial charge is 0.327 e. The number of hydrogen-bond donors (Lipinski definition) is 3. The highest BCUT2D eigenvalue weighted by atomic mass is 79.9. The van der Waals surface area contributed by atoms with Gasteiger partial charge in [0.2, 0.25) is 0 Å². The van der Waals surface area contributed by atoms with Crippen molar-refractivity contribution in [3.8, 4) is 12.3 Å². The minimum absolute atomic E-state index is 0.131. The summed E-state index contributed by atoms with van der Waals surface area (Å²) < 4.78 is 0.409. The van der Waals surface area contributed by atoms with Gasteiger partial charge in [-0.2, -0.15) is 0 Å². The first-order valence-corrected chi connectivity index (χ1v) is 6.32. The van der Waals surface area contributed by atoms with E-state index in [9.17, 15) is 19.7 Å². The van der Waals surface area contributed by atoms with Crippen LogP contribution in [-0.2, 0) is 4.79 Å². The minimum atomic E-state index is -1.28. The maximum Gasteiger partial charge on any atom is 0.327 e. The highest BCUT2D eigenvalue weighted by molar-refractivity contribution is 9.10. The topological polar surface area (TPSA) is 122 Å². The molecule has 0 aliphatic carbocycles. The number of anilines is 1. The molecule has 0 heterocycles. The fourth-order valence-corrected chi connectivity index (χ4v) is 1.70. The van der Waals surface area contributed by atoms with Gasteiger partial charge in [0, 0.05) is 23.0 Å². The van der Waals surface area contributed by atoms with Crippen molar-refractivity contribution in [3.63, 3.8) is 0 Å². The number of nitro benzene ring substituents is 1. The number of non-ortho nitro benzene ring substituents is 1. The second-order valence-electron chi connectivity index (χ2n) is 3.82. The third kappa shape index (κ3) is 4.77. The number of nitrogens with zero attached hydrogens (tertiary/aromatic N) is 1. The van der Waals surface area contributed by atoms with E-state index in [1.54, 1.807) is 0 Å². The van der Waals surface area contributed by atoms with Crippen LogP contribution in [0.15, 0.2) is 22.7 Å². The average Bonchev–Trinajstić information content (AvgIpc) is 2.40. The molecule has 9 heteroatoms. The molecule has 1 unspecified atom stereocenters. The Bertz CT molecular complexity index is 626. The van der Waals surface area contributed by atoms with E-state index in [4.69, 9.17) is 11.5 Å². The number of nitro groups is 1. The molecule has 1 aromatic carbocycles. The average molecular weight is 356 g/mol. The van der Waals surface area contributed by atoms with Crippen LogP contribution < -0.4 is 10.6 Å². The summed E-state index contributed by atoms with van der Waals surface area (Å²) >= 11 is 3.12. The number of urea groups is 1. The van der Waals surface area contributed by atoms with Gasteiger partial charge in [-0.1, -0.05) is 0 Å². The van der Waals surface area contributed by atoms with Crippen LogP contribution in [0, 0.1) is 22.5 Å². The molecule has 0 bridgehead atoms. The monoisotopic (exact) mass is 355 g/mol. The molecular formula is C12H10BrN3O5. The summed E-state index contributed by atoms with van der Waals surface area (Å²) in [6.45, 7) is 0. The summed E-state index contributed by atoms with van der Waals surface area (Å²) in [7, 11) is 0. The van der Waals surface area contributed by atoms with Crippen molar-refractivity contribution >= 4 is 39.3 Å². The van der Waals surface area contributed by atoms with E-state index in [0.717, 1.165) is 6.07 Å². The number of hydrogen-bond acceptors (Lipinski definition) is 4. The molecule has 0 aliphatic heterocycles. The number of terminal acetylenes is 1. The molecule has 8 nitrogen and oxygen atoms in total. The zero-order valence-electron chi connectivity index (χ0n) is 10.5. The fraction of sp³-hybridized carbons (Fsp3) is 0.167. The summed E-state index contributed by atoms with van der Waals surface area (Å²) in [4.78, 5) is 32.6. The van der Waals surface area contributed by atoms with Crippen molar-refractivity contribution in [2.45, 2.75) is 12.5 Å². The Morgan fingerprint density at radius 3 is 2.71 bits per heavy atom. The summed E-state index contributed by atoms with van der Waals surface area (Å²) in [5.41, 5.74) is -0.0848. The highest BCUT2D eigenvalue weighted by Crippen LogP contribution is 2.26. The van der Waals surface area contributed by atoms with Crippen molar-refractivity contribution in [3.05, 3.63) is 32.8 Å². The number of carboxylic acids is 1. The van der Waals surface area contributed by atoms with Gasteiger partial charge in [-0.25, -0.2) is 9.59 Å². The van der Waals surface area contributed by atoms with E-state index in [1.807, 2.05) is 0 Å². The Kier molecular flexibility index (Phi) is 5.68. The minimum Gasteiger partial charge on any atom is -0.480 e. The Morgan fingerprint density at radius 1 is 1.52 bits per heavy atom. The summed E-state index contributed by atoms with van der Waals surface area (Å²) in [6.07, 6.45) is 4.82. The Balaban J connectivity index is 2.83. The first kappa shape index (κ1) is 16.5. The van der Waals surface area contributed by atoms with Crippen LogP contribution in [0.25, 0.3) is 0 Å². The Morgan fingerprint density at radius 2 is 2.19 bits per heavy atom. The molecule has 2 amide bonds. The second kappa shape index (κ2) is 7.25. The van der Waals surface area contributed by atoms with Crippen LogP contribution in [0.2, 0.25) is 0 Å². The van der Waals surface area contributed by atoms with Gasteiger partial charge in [-0.3, -0.25) is 10.1 Å². The van der Waals surface area contributed by atoms with Gasteiger partial charge < -0.3 is 15.7 Å². The summed E-state index contributed by atoms with van der Waals surface area (Å²) in [5.74, 6) is 0.855. The number of amides is 2. The normalized spacial score (nSPS) is 11.0. The van der Waals surface area contributed by atoms with Crippen LogP contribution in [0.3, 0.4) is 0 Å². The summed E-state index contributed by atoms with van der Waals surface area (Å²) in [6, 6.07) is 1.71. The molecule has 110 valence electrons. The van der Waals surface area contributed by atoms with Gasteiger partial charge >= 0.3 is 12.0 Å². The molecule has 0 radical (unpaired) electrons. The molecule has 0 spiro atoms. The first-order valence-electron chi connectivity index (χ1n) is 5.53. The molecule has 1 rings (SSSR count). The maximum atomic E-state index is 11.7. The quantitative estimate of drug-likeness (QED) is 0.423. The standard InChI is InChI=1S/C12H10BrN3O5/c1-2-3-9(11(17)18)14-12(19)15-10-6-7(16(20)21)4-5-8(10)13/h1,4-6,9H,3H2,(H,17,18)(H2,14,15,19). The van der Waals surface area contributed by atoms with Crippen LogP contribution in [0.4, 0.5) is 16.2 Å². The number of benzene rings is 1. The van der Waals surface area contributed by atoms with Crippen molar-refractivity contribution in [1.82, 2.24) is 5.32 Å². The lowest BCUT2D eigenvalue weighted by Gasteiger charge is -2.13. The molecular weight excluding hydrogens is 346 g/mol. The molecule has 1 atom stereocenters. The van der Waals surface area contributed by atoms with E-state index >= 15 is 0 Å². The lowest BCUT2D eigenvalue weighted by molar-refractivity contribution is -0.384. The van der Waals surface area contributed by atoms with E-state index < -0.39 is 23.0 Å². The van der Waals surface area contributed by atoms with Crippen molar-refractivity contribution in [2.75, 3.05) is 5.32 Å². The number of rotatable bonds is 5. The van der Waals surface area contributed by atoms with Crippen LogP contribution >= 0.6 is 15.9 Å². The zero-order chi connectivity index (χ0) is 16.0. The zero-order valence-corrected chi connectivity index (χ0v) is 12.1. The van der Waals surface area contributed by atoms with Gasteiger partial charge in [0.05, 0.1) is 10.6 Å². The molecule has 1 aromatic rings. The molecule has 0 saturated carbocycles. The molecule has 0 aliphatic rings. The molecule has 3 N–H and O–H groups in total. The second-order valence-corrected chi connectivity index (χ2v) is 4.67. The largest absolute Gasteiger partial charge is 0.480 e. The molecule has 21 heavy (non-hydrogen) atoms. The lowest BCUT2D eigenvalue weighted by atomic mass is 10.2. The lowest BCUT2D eigenvalue weighted by Crippen LogP contribution is -2.42. The van der Waals surface area contributed by atoms with E-state index in [0.29, 0.717) is 4.47 Å². The van der Waals surface area contributed by atoms with Gasteiger partial charge in [-0.15, -0.1) is 12.3 Å². The predicted molar refractivity (Wildman–Crippen MR) is 77.8 cm³/mol. The van der Waals surface area contributed by atoms with Gasteiger partial charge in [0.25, 0.3) is 5.69 Å². The third-order valence-electron chi connectivity index (χ3n) is 2.33. The van der Waals surface area contributed by atoms with Crippen LogP contribution in [0.5, 0.6) is 0 Å². The number of aliphatic carboxylic acids is 1. The number of nitrogens with one attached hydrogen (secondary N) is 2. The number of carboxylic acid groups (broad SMARTS) is 1. The van der Waals surface area contributed by atoms with Crippen molar-refractivity contribution < 1.29 is 19.6 Å². The SMILES string of the molecule is C#CCC(NC(=O)Nc1cc([N+](=O)[O-])ccc1Br)C(=O)O. The number of carbonyl (C=O) groups is 2. The van der Waals surface area contributed by atoms with Gasteiger partial charge in [0.15, 0.2) is 0 Å². The van der Waals surface area contributed by atoms with E-state index in [1.165, 1.54) is 12.1 Å². The molecule has 0 saturated heterocycles. The molecule has 0 fully saturated rings. The Labute approximate surface area is 127 Å². The maximum absolute atomic E-state index is 11.7. The van der Waals surface area contributed by atoms with E-state index in [2.05, 4.69) is 32.5 Å². The predicted octanol–water partition coefficient (Wildman–Crippen LogP) is 1.96. The third-order valence-corrected chi connectivity index (χ3v) is 3.03. The van der Waals surface area contributed by atoms with Crippen molar-refractivity contribution in [1.29, 1.82) is 0 Å². The highest BCUT2D eigenvalue weighted by Gasteiger charge is 2.19. The Hall–Kier alpha value is -2.60. The first-order chi connectivity index (χ1) is 9.85. The van der Waals surface area contributed by atoms with Crippen LogP contribution in [0.1, 0.15) is 6.42 Å². The molecule has 0 aromatic heterocycles. The number of halogens is 1. The fourth-order valence-electron chi connectivity index (χ4n) is 1.36. The van der Waals surface area contributed by atoms with Crippen LogP contribution in [-0.4, -0.2) is 28.1 Å². The number of carbonyl (C=O) groups excluding carboxylic acids is 1. The van der Waals surface area contributed by atoms with Gasteiger partial charge in [-0.05, 0) is 22.0 Å². The van der Waals surface area contributed by atoms with Gasteiger partial charge in [0.1, 0.15) is 6.04 Å². The summed E-state index contributed by atoms with van der Waals surface area (Å²) in [5, 5.41) is 24.0. The van der Waals surface area contributed by atoms with E-state index in [-0.39, 0.29) is 17.8 Å².